The number of hydrogen-bond acceptors (Lipinski definition) is 4. The van der Waals surface area contributed by atoms with Crippen LogP contribution in [0.4, 0.5) is 0 Å². The minimum atomic E-state index is -0.459. The van der Waals surface area contributed by atoms with E-state index in [1.54, 1.807) is 12.1 Å². The van der Waals surface area contributed by atoms with Crippen molar-refractivity contribution >= 4 is 5.91 Å². The minimum absolute atomic E-state index is 0.0215. The molecule has 5 nitrogen and oxygen atoms in total. The Kier molecular flexibility index (Phi) is 3.44. The second-order valence-corrected chi connectivity index (χ2v) is 2.41. The van der Waals surface area contributed by atoms with Gasteiger partial charge in [0.15, 0.2) is 0 Å². The third kappa shape index (κ3) is 3.11. The molecule has 0 fully saturated rings. The second-order valence-electron chi connectivity index (χ2n) is 2.41. The van der Waals surface area contributed by atoms with Crippen molar-refractivity contribution in [3.05, 3.63) is 17.8 Å². The van der Waals surface area contributed by atoms with Crippen LogP contribution in [-0.4, -0.2) is 23.2 Å². The molecule has 1 rings (SSSR count). The van der Waals surface area contributed by atoms with Gasteiger partial charge >= 0.3 is 0 Å². The molecule has 0 aliphatic heterocycles. The van der Waals surface area contributed by atoms with E-state index in [-0.39, 0.29) is 6.42 Å². The van der Waals surface area contributed by atoms with E-state index in [0.717, 1.165) is 0 Å². The van der Waals surface area contributed by atoms with E-state index in [0.29, 0.717) is 11.6 Å². The van der Waals surface area contributed by atoms with E-state index < -0.39 is 5.91 Å². The molecule has 1 amide bonds. The molecule has 0 atom stereocenters. The first-order valence-electron chi connectivity index (χ1n) is 3.87. The van der Waals surface area contributed by atoms with E-state index in [2.05, 4.69) is 22.0 Å². The first-order valence-corrected chi connectivity index (χ1v) is 3.87. The third-order valence-electron chi connectivity index (χ3n) is 1.33. The number of aromatic nitrogens is 2. The molecule has 0 spiro atoms. The fraction of sp³-hybridized carbons (Fsp3) is 0.222. The summed E-state index contributed by atoms with van der Waals surface area (Å²) in [5.41, 5.74) is 5.38. The average Bonchev–Trinajstić information content (AvgIpc) is 2.18. The quantitative estimate of drug-likeness (QED) is 0.651. The van der Waals surface area contributed by atoms with Crippen LogP contribution in [0.15, 0.2) is 12.1 Å². The molecule has 2 N–H and O–H groups in total. The van der Waals surface area contributed by atoms with Crippen LogP contribution in [0.25, 0.3) is 0 Å². The van der Waals surface area contributed by atoms with E-state index in [4.69, 9.17) is 10.5 Å². The predicted octanol–water partition coefficient (Wildman–Crippen LogP) is -0.288. The van der Waals surface area contributed by atoms with Gasteiger partial charge in [0, 0.05) is 6.07 Å². The second kappa shape index (κ2) is 4.82. The number of primary amides is 1. The maximum absolute atomic E-state index is 10.4. The summed E-state index contributed by atoms with van der Waals surface area (Å²) >= 11 is 0. The molecule has 1 aromatic heterocycles. The Balaban J connectivity index is 2.66. The number of amides is 1. The van der Waals surface area contributed by atoms with Crippen molar-refractivity contribution in [2.45, 2.75) is 6.42 Å². The number of rotatable bonds is 2. The normalized spacial score (nSPS) is 8.64. The van der Waals surface area contributed by atoms with Crippen LogP contribution in [-0.2, 0) is 4.79 Å². The number of hydrogen-bond donors (Lipinski definition) is 1. The highest BCUT2D eigenvalue weighted by Crippen LogP contribution is 2.01. The Morgan fingerprint density at radius 2 is 2.36 bits per heavy atom. The molecule has 0 saturated carbocycles. The van der Waals surface area contributed by atoms with Crippen molar-refractivity contribution in [1.82, 2.24) is 10.2 Å². The van der Waals surface area contributed by atoms with Crippen LogP contribution in [0.2, 0.25) is 0 Å². The van der Waals surface area contributed by atoms with Crippen LogP contribution in [0, 0.1) is 11.8 Å². The summed E-state index contributed by atoms with van der Waals surface area (Å²) in [6.07, 6.45) is 0.0215. The summed E-state index contributed by atoms with van der Waals surface area (Å²) in [6.45, 7) is 0. The standard InChI is InChI=1S/C9H9N3O2/c1-14-9-6-5-7(11-12-9)3-2-4-8(10)13/h5-6H,4H2,1H3,(H2,10,13). The SMILES string of the molecule is COc1ccc(C#CCC(N)=O)nn1. The lowest BCUT2D eigenvalue weighted by Gasteiger charge is -1.94. The largest absolute Gasteiger partial charge is 0.480 e. The van der Waals surface area contributed by atoms with Gasteiger partial charge in [0.25, 0.3) is 0 Å². The van der Waals surface area contributed by atoms with Crippen molar-refractivity contribution < 1.29 is 9.53 Å². The van der Waals surface area contributed by atoms with Gasteiger partial charge in [0.1, 0.15) is 5.69 Å². The van der Waals surface area contributed by atoms with Gasteiger partial charge in [-0.15, -0.1) is 10.2 Å². The van der Waals surface area contributed by atoms with Crippen LogP contribution in [0.5, 0.6) is 5.88 Å². The molecule has 0 saturated heterocycles. The topological polar surface area (TPSA) is 78.1 Å². The van der Waals surface area contributed by atoms with Crippen molar-refractivity contribution in [2.24, 2.45) is 5.73 Å². The average molecular weight is 191 g/mol. The van der Waals surface area contributed by atoms with Gasteiger partial charge in [0.05, 0.1) is 13.5 Å². The number of nitrogens with two attached hydrogens (primary N) is 1. The fourth-order valence-corrected chi connectivity index (χ4v) is 0.717. The molecule has 0 aliphatic carbocycles. The monoisotopic (exact) mass is 191 g/mol. The molecule has 0 aliphatic rings. The number of ether oxygens (including phenoxy) is 1. The fourth-order valence-electron chi connectivity index (χ4n) is 0.717. The Morgan fingerprint density at radius 1 is 1.57 bits per heavy atom. The van der Waals surface area contributed by atoms with Crippen LogP contribution < -0.4 is 10.5 Å². The van der Waals surface area contributed by atoms with Crippen molar-refractivity contribution in [3.8, 4) is 17.7 Å². The lowest BCUT2D eigenvalue weighted by molar-refractivity contribution is -0.117. The number of carbonyl (C=O) groups is 1. The zero-order valence-corrected chi connectivity index (χ0v) is 7.65. The Bertz CT molecular complexity index is 375. The molecular formula is C9H9N3O2. The third-order valence-corrected chi connectivity index (χ3v) is 1.33. The lowest BCUT2D eigenvalue weighted by atomic mass is 10.3. The molecule has 0 bridgehead atoms. The summed E-state index contributed by atoms with van der Waals surface area (Å²) in [7, 11) is 1.50. The molecule has 0 radical (unpaired) electrons. The van der Waals surface area contributed by atoms with E-state index in [1.807, 2.05) is 0 Å². The molecule has 72 valence electrons. The summed E-state index contributed by atoms with van der Waals surface area (Å²) in [6, 6.07) is 3.29. The highest BCUT2D eigenvalue weighted by atomic mass is 16.5. The summed E-state index contributed by atoms with van der Waals surface area (Å²) in [5.74, 6) is 5.18. The molecular weight excluding hydrogens is 182 g/mol. The van der Waals surface area contributed by atoms with Crippen LogP contribution >= 0.6 is 0 Å². The molecule has 1 aromatic rings. The minimum Gasteiger partial charge on any atom is -0.480 e. The Morgan fingerprint density at radius 3 is 2.86 bits per heavy atom. The highest BCUT2D eigenvalue weighted by molar-refractivity contribution is 5.76. The summed E-state index contributed by atoms with van der Waals surface area (Å²) < 4.78 is 4.82. The zero-order valence-electron chi connectivity index (χ0n) is 7.65. The molecule has 0 aromatic carbocycles. The van der Waals surface area contributed by atoms with E-state index in [9.17, 15) is 4.79 Å². The summed E-state index contributed by atoms with van der Waals surface area (Å²) in [4.78, 5) is 10.4. The van der Waals surface area contributed by atoms with Crippen molar-refractivity contribution in [1.29, 1.82) is 0 Å². The van der Waals surface area contributed by atoms with Crippen LogP contribution in [0.1, 0.15) is 12.1 Å². The van der Waals surface area contributed by atoms with Crippen molar-refractivity contribution in [3.63, 3.8) is 0 Å². The maximum Gasteiger partial charge on any atom is 0.233 e. The maximum atomic E-state index is 10.4. The molecule has 1 heterocycles. The van der Waals surface area contributed by atoms with Crippen molar-refractivity contribution in [2.75, 3.05) is 7.11 Å². The molecule has 5 heteroatoms. The Labute approximate surface area is 81.3 Å². The van der Waals surface area contributed by atoms with Crippen LogP contribution in [0.3, 0.4) is 0 Å². The predicted molar refractivity (Wildman–Crippen MR) is 49.3 cm³/mol. The first-order chi connectivity index (χ1) is 6.72. The van der Waals surface area contributed by atoms with Gasteiger partial charge in [-0.05, 0) is 12.0 Å². The molecule has 0 unspecified atom stereocenters. The Hall–Kier alpha value is -2.09. The van der Waals surface area contributed by atoms with Gasteiger partial charge in [0.2, 0.25) is 11.8 Å². The lowest BCUT2D eigenvalue weighted by Crippen LogP contribution is -2.08. The van der Waals surface area contributed by atoms with E-state index in [1.165, 1.54) is 7.11 Å². The number of carbonyl (C=O) groups excluding carboxylic acids is 1. The highest BCUT2D eigenvalue weighted by Gasteiger charge is 1.93. The number of methoxy groups -OCH3 is 1. The van der Waals surface area contributed by atoms with Gasteiger partial charge in [-0.2, -0.15) is 0 Å². The van der Waals surface area contributed by atoms with Gasteiger partial charge < -0.3 is 10.5 Å². The smallest absolute Gasteiger partial charge is 0.233 e. The summed E-state index contributed by atoms with van der Waals surface area (Å²) in [5, 5.41) is 7.45. The first kappa shape index (κ1) is 9.99. The zero-order chi connectivity index (χ0) is 10.4. The van der Waals surface area contributed by atoms with Gasteiger partial charge in [-0.25, -0.2) is 0 Å². The van der Waals surface area contributed by atoms with Gasteiger partial charge in [-0.3, -0.25) is 4.79 Å². The van der Waals surface area contributed by atoms with E-state index >= 15 is 0 Å². The van der Waals surface area contributed by atoms with Gasteiger partial charge in [-0.1, -0.05) is 5.92 Å². The molecule has 14 heavy (non-hydrogen) atoms. The number of nitrogens with zero attached hydrogens (tertiary/aromatic N) is 2.